The number of hydrogen-bond acceptors (Lipinski definition) is 4. The Hall–Kier alpha value is -1.13. The molecule has 1 fully saturated rings. The van der Waals surface area contributed by atoms with Crippen LogP contribution in [-0.4, -0.2) is 17.1 Å². The summed E-state index contributed by atoms with van der Waals surface area (Å²) in [6, 6.07) is 4.18. The van der Waals surface area contributed by atoms with Crippen molar-refractivity contribution in [2.75, 3.05) is 11.9 Å². The topological polar surface area (TPSA) is 50.9 Å². The van der Waals surface area contributed by atoms with Crippen molar-refractivity contribution < 1.29 is 0 Å². The van der Waals surface area contributed by atoms with Gasteiger partial charge in [0, 0.05) is 22.8 Å². The van der Waals surface area contributed by atoms with Gasteiger partial charge < -0.3 is 11.1 Å². The van der Waals surface area contributed by atoms with Gasteiger partial charge in [0.05, 0.1) is 5.54 Å². The SMILES string of the molecule is CC(CN)(Nc1nccc2sccc12)C1CC1. The van der Waals surface area contributed by atoms with E-state index in [1.165, 1.54) is 22.9 Å². The smallest absolute Gasteiger partial charge is 0.135 e. The third kappa shape index (κ3) is 1.91. The van der Waals surface area contributed by atoms with E-state index in [0.29, 0.717) is 12.5 Å². The fourth-order valence-electron chi connectivity index (χ4n) is 2.31. The van der Waals surface area contributed by atoms with Gasteiger partial charge in [-0.05, 0) is 43.2 Å². The number of pyridine rings is 1. The van der Waals surface area contributed by atoms with E-state index in [1.807, 2.05) is 6.20 Å². The van der Waals surface area contributed by atoms with Gasteiger partial charge in [0.15, 0.2) is 0 Å². The zero-order valence-corrected chi connectivity index (χ0v) is 10.8. The predicted molar refractivity (Wildman–Crippen MR) is 73.4 cm³/mol. The van der Waals surface area contributed by atoms with Crippen molar-refractivity contribution in [3.05, 3.63) is 23.7 Å². The molecule has 3 rings (SSSR count). The molecule has 0 radical (unpaired) electrons. The van der Waals surface area contributed by atoms with Crippen LogP contribution in [0.3, 0.4) is 0 Å². The maximum Gasteiger partial charge on any atom is 0.135 e. The Morgan fingerprint density at radius 2 is 2.35 bits per heavy atom. The molecule has 2 aromatic rings. The molecular weight excluding hydrogens is 230 g/mol. The summed E-state index contributed by atoms with van der Waals surface area (Å²) >= 11 is 1.75. The Morgan fingerprint density at radius 3 is 3.06 bits per heavy atom. The van der Waals surface area contributed by atoms with Crippen molar-refractivity contribution >= 4 is 27.2 Å². The molecule has 0 amide bonds. The van der Waals surface area contributed by atoms with Gasteiger partial charge in [-0.15, -0.1) is 11.3 Å². The van der Waals surface area contributed by atoms with E-state index >= 15 is 0 Å². The van der Waals surface area contributed by atoms with E-state index in [2.05, 4.69) is 34.7 Å². The number of rotatable bonds is 4. The Labute approximate surface area is 105 Å². The summed E-state index contributed by atoms with van der Waals surface area (Å²) in [4.78, 5) is 4.46. The van der Waals surface area contributed by atoms with Crippen LogP contribution in [-0.2, 0) is 0 Å². The van der Waals surface area contributed by atoms with Crippen LogP contribution in [0.25, 0.3) is 10.1 Å². The molecule has 3 nitrogen and oxygen atoms in total. The van der Waals surface area contributed by atoms with Gasteiger partial charge in [-0.2, -0.15) is 0 Å². The van der Waals surface area contributed by atoms with Crippen molar-refractivity contribution in [2.45, 2.75) is 25.3 Å². The number of anilines is 1. The lowest BCUT2D eigenvalue weighted by Gasteiger charge is -2.30. The molecule has 0 aromatic carbocycles. The normalized spacial score (nSPS) is 19.2. The van der Waals surface area contributed by atoms with Gasteiger partial charge in [0.2, 0.25) is 0 Å². The number of thiophene rings is 1. The summed E-state index contributed by atoms with van der Waals surface area (Å²) in [7, 11) is 0. The van der Waals surface area contributed by atoms with Crippen molar-refractivity contribution in [1.82, 2.24) is 4.98 Å². The van der Waals surface area contributed by atoms with Crippen LogP contribution in [0.15, 0.2) is 23.7 Å². The number of nitrogens with two attached hydrogens (primary N) is 1. The molecule has 1 atom stereocenters. The summed E-state index contributed by atoms with van der Waals surface area (Å²) in [6.07, 6.45) is 4.42. The predicted octanol–water partition coefficient (Wildman–Crippen LogP) is 2.84. The molecule has 0 saturated heterocycles. The summed E-state index contributed by atoms with van der Waals surface area (Å²) < 4.78 is 1.28. The molecule has 0 bridgehead atoms. The first-order valence-corrected chi connectivity index (χ1v) is 6.91. The highest BCUT2D eigenvalue weighted by Gasteiger charge is 2.40. The van der Waals surface area contributed by atoms with Gasteiger partial charge >= 0.3 is 0 Å². The van der Waals surface area contributed by atoms with Gasteiger partial charge in [-0.3, -0.25) is 0 Å². The van der Waals surface area contributed by atoms with E-state index in [1.54, 1.807) is 11.3 Å². The van der Waals surface area contributed by atoms with Crippen LogP contribution in [0.4, 0.5) is 5.82 Å². The third-order valence-electron chi connectivity index (χ3n) is 3.69. The Morgan fingerprint density at radius 1 is 1.53 bits per heavy atom. The molecule has 1 unspecified atom stereocenters. The first kappa shape index (κ1) is 11.0. The van der Waals surface area contributed by atoms with E-state index < -0.39 is 0 Å². The molecule has 17 heavy (non-hydrogen) atoms. The second-order valence-electron chi connectivity index (χ2n) is 5.01. The lowest BCUT2D eigenvalue weighted by molar-refractivity contribution is 0.458. The highest BCUT2D eigenvalue weighted by molar-refractivity contribution is 7.17. The molecule has 4 heteroatoms. The third-order valence-corrected chi connectivity index (χ3v) is 4.57. The Balaban J connectivity index is 1.96. The van der Waals surface area contributed by atoms with Crippen LogP contribution in [0, 0.1) is 5.92 Å². The van der Waals surface area contributed by atoms with Crippen LogP contribution in [0.1, 0.15) is 19.8 Å². The molecule has 1 aliphatic carbocycles. The molecule has 2 heterocycles. The second-order valence-corrected chi connectivity index (χ2v) is 5.96. The molecule has 3 N–H and O–H groups in total. The number of hydrogen-bond donors (Lipinski definition) is 2. The van der Waals surface area contributed by atoms with E-state index in [-0.39, 0.29) is 5.54 Å². The fraction of sp³-hybridized carbons (Fsp3) is 0.462. The number of aromatic nitrogens is 1. The average molecular weight is 247 g/mol. The van der Waals surface area contributed by atoms with Gasteiger partial charge in [0.25, 0.3) is 0 Å². The van der Waals surface area contributed by atoms with Gasteiger partial charge in [-0.25, -0.2) is 4.98 Å². The molecular formula is C13H17N3S. The lowest BCUT2D eigenvalue weighted by atomic mass is 9.96. The van der Waals surface area contributed by atoms with Crippen LogP contribution < -0.4 is 11.1 Å². The van der Waals surface area contributed by atoms with Gasteiger partial charge in [-0.1, -0.05) is 0 Å². The van der Waals surface area contributed by atoms with E-state index in [0.717, 1.165) is 5.82 Å². The zero-order chi connectivity index (χ0) is 11.9. The zero-order valence-electron chi connectivity index (χ0n) is 9.94. The number of fused-ring (bicyclic) bond motifs is 1. The maximum atomic E-state index is 5.93. The molecule has 1 saturated carbocycles. The first-order valence-electron chi connectivity index (χ1n) is 6.03. The molecule has 90 valence electrons. The maximum absolute atomic E-state index is 5.93. The summed E-state index contributed by atoms with van der Waals surface area (Å²) in [6.45, 7) is 2.86. The van der Waals surface area contributed by atoms with Crippen LogP contribution in [0.5, 0.6) is 0 Å². The van der Waals surface area contributed by atoms with Crippen LogP contribution >= 0.6 is 11.3 Å². The van der Waals surface area contributed by atoms with Crippen molar-refractivity contribution in [3.8, 4) is 0 Å². The van der Waals surface area contributed by atoms with Crippen molar-refractivity contribution in [3.63, 3.8) is 0 Å². The Kier molecular flexibility index (Phi) is 2.56. The highest BCUT2D eigenvalue weighted by Crippen LogP contribution is 2.41. The minimum absolute atomic E-state index is 0.0107. The van der Waals surface area contributed by atoms with Crippen molar-refractivity contribution in [2.24, 2.45) is 11.7 Å². The fourth-order valence-corrected chi connectivity index (χ4v) is 3.09. The molecule has 0 spiro atoms. The largest absolute Gasteiger partial charge is 0.363 e. The molecule has 2 aromatic heterocycles. The quantitative estimate of drug-likeness (QED) is 0.873. The molecule has 1 aliphatic rings. The minimum atomic E-state index is -0.0107. The minimum Gasteiger partial charge on any atom is -0.363 e. The standard InChI is InChI=1S/C13H17N3S/c1-13(8-14,9-2-3-9)16-12-10-5-7-17-11(10)4-6-15-12/h4-7,9H,2-3,8,14H2,1H3,(H,15,16). The molecule has 0 aliphatic heterocycles. The average Bonchev–Trinajstić information content (AvgIpc) is 3.09. The van der Waals surface area contributed by atoms with Crippen molar-refractivity contribution in [1.29, 1.82) is 0 Å². The summed E-state index contributed by atoms with van der Waals surface area (Å²) in [5.74, 6) is 1.67. The Bertz CT molecular complexity index is 532. The summed E-state index contributed by atoms with van der Waals surface area (Å²) in [5, 5.41) is 6.88. The lowest BCUT2D eigenvalue weighted by Crippen LogP contribution is -2.44. The van der Waals surface area contributed by atoms with E-state index in [9.17, 15) is 0 Å². The number of nitrogens with one attached hydrogen (secondary N) is 1. The summed E-state index contributed by atoms with van der Waals surface area (Å²) in [5.41, 5.74) is 5.92. The van der Waals surface area contributed by atoms with Gasteiger partial charge in [0.1, 0.15) is 5.82 Å². The monoisotopic (exact) mass is 247 g/mol. The second kappa shape index (κ2) is 3.96. The van der Waals surface area contributed by atoms with Crippen LogP contribution in [0.2, 0.25) is 0 Å². The first-order chi connectivity index (χ1) is 8.23. The highest BCUT2D eigenvalue weighted by atomic mass is 32.1. The number of nitrogens with zero attached hydrogens (tertiary/aromatic N) is 1. The van der Waals surface area contributed by atoms with E-state index in [4.69, 9.17) is 5.73 Å².